The molecule has 0 amide bonds. The number of hydrogen-bond acceptors (Lipinski definition) is 2. The summed E-state index contributed by atoms with van der Waals surface area (Å²) in [6.07, 6.45) is 2.65. The fourth-order valence-electron chi connectivity index (χ4n) is 1.80. The molecule has 0 saturated carbocycles. The van der Waals surface area contributed by atoms with Gasteiger partial charge in [-0.2, -0.15) is 0 Å². The summed E-state index contributed by atoms with van der Waals surface area (Å²) in [6.45, 7) is 7.64. The first-order chi connectivity index (χ1) is 4.81. The van der Waals surface area contributed by atoms with Crippen molar-refractivity contribution in [1.82, 2.24) is 0 Å². The molecule has 1 atom stereocenters. The van der Waals surface area contributed by atoms with Gasteiger partial charge in [0.25, 0.3) is 0 Å². The third-order valence-electron chi connectivity index (χ3n) is 1.70. The Bertz CT molecular complexity index is 190. The van der Waals surface area contributed by atoms with Crippen LogP contribution in [0.2, 0.25) is 0 Å². The molecule has 1 N–H and O–H groups in total. The van der Waals surface area contributed by atoms with E-state index in [4.69, 9.17) is 4.74 Å². The fourth-order valence-corrected chi connectivity index (χ4v) is 1.80. The van der Waals surface area contributed by atoms with Crippen molar-refractivity contribution in [3.05, 3.63) is 11.6 Å². The molecule has 0 aliphatic carbocycles. The lowest BCUT2D eigenvalue weighted by Crippen LogP contribution is -2.41. The van der Waals surface area contributed by atoms with Gasteiger partial charge in [-0.25, -0.2) is 0 Å². The predicted octanol–water partition coefficient (Wildman–Crippen LogP) is 1.84. The molecule has 0 aromatic carbocycles. The molecule has 0 bridgehead atoms. The van der Waals surface area contributed by atoms with E-state index in [-0.39, 0.29) is 5.60 Å². The van der Waals surface area contributed by atoms with Crippen LogP contribution in [0.25, 0.3) is 0 Å². The van der Waals surface area contributed by atoms with Crippen molar-refractivity contribution < 1.29 is 9.84 Å². The SMILES string of the molecule is CC1=CC(C)(O)OC(C)(C)C1. The summed E-state index contributed by atoms with van der Waals surface area (Å²) in [5.41, 5.74) is 0.953. The van der Waals surface area contributed by atoms with E-state index in [1.54, 1.807) is 13.0 Å². The molecule has 2 nitrogen and oxygen atoms in total. The summed E-state index contributed by atoms with van der Waals surface area (Å²) in [5, 5.41) is 9.58. The second kappa shape index (κ2) is 2.32. The van der Waals surface area contributed by atoms with Gasteiger partial charge < -0.3 is 9.84 Å². The van der Waals surface area contributed by atoms with E-state index >= 15 is 0 Å². The van der Waals surface area contributed by atoms with Gasteiger partial charge in [-0.05, 0) is 40.2 Å². The Morgan fingerprint density at radius 3 is 2.36 bits per heavy atom. The van der Waals surface area contributed by atoms with Gasteiger partial charge >= 0.3 is 0 Å². The Labute approximate surface area is 67.9 Å². The van der Waals surface area contributed by atoms with Gasteiger partial charge in [0.05, 0.1) is 5.60 Å². The van der Waals surface area contributed by atoms with Crippen molar-refractivity contribution in [2.75, 3.05) is 0 Å². The van der Waals surface area contributed by atoms with Crippen LogP contribution < -0.4 is 0 Å². The average molecular weight is 156 g/mol. The van der Waals surface area contributed by atoms with E-state index in [9.17, 15) is 5.11 Å². The van der Waals surface area contributed by atoms with Crippen molar-refractivity contribution in [2.45, 2.75) is 45.5 Å². The Morgan fingerprint density at radius 1 is 1.45 bits per heavy atom. The molecule has 0 fully saturated rings. The zero-order valence-corrected chi connectivity index (χ0v) is 7.64. The molecule has 1 aliphatic rings. The van der Waals surface area contributed by atoms with Gasteiger partial charge in [-0.1, -0.05) is 5.57 Å². The molecule has 1 unspecified atom stereocenters. The minimum atomic E-state index is -1.08. The van der Waals surface area contributed by atoms with Crippen LogP contribution in [0.15, 0.2) is 11.6 Å². The van der Waals surface area contributed by atoms with E-state index in [1.807, 2.05) is 20.8 Å². The Kier molecular flexibility index (Phi) is 1.85. The summed E-state index contributed by atoms with van der Waals surface area (Å²) in [7, 11) is 0. The third kappa shape index (κ3) is 2.31. The highest BCUT2D eigenvalue weighted by atomic mass is 16.6. The van der Waals surface area contributed by atoms with Crippen LogP contribution in [0, 0.1) is 0 Å². The van der Waals surface area contributed by atoms with Gasteiger partial charge in [0.1, 0.15) is 0 Å². The van der Waals surface area contributed by atoms with E-state index in [0.29, 0.717) is 0 Å². The topological polar surface area (TPSA) is 29.5 Å². The number of hydrogen-bond donors (Lipinski definition) is 1. The van der Waals surface area contributed by atoms with Crippen LogP contribution >= 0.6 is 0 Å². The summed E-state index contributed by atoms with van der Waals surface area (Å²) in [4.78, 5) is 0. The number of ether oxygens (including phenoxy) is 1. The first kappa shape index (κ1) is 8.75. The van der Waals surface area contributed by atoms with Crippen LogP contribution in [0.1, 0.15) is 34.1 Å². The molecule has 1 aliphatic heterocycles. The Morgan fingerprint density at radius 2 is 2.00 bits per heavy atom. The summed E-state index contributed by atoms with van der Waals surface area (Å²) < 4.78 is 5.41. The van der Waals surface area contributed by atoms with Crippen molar-refractivity contribution in [2.24, 2.45) is 0 Å². The molecule has 0 aromatic heterocycles. The van der Waals surface area contributed by atoms with E-state index < -0.39 is 5.79 Å². The molecular formula is C9H16O2. The van der Waals surface area contributed by atoms with Crippen molar-refractivity contribution >= 4 is 0 Å². The molecule has 0 radical (unpaired) electrons. The summed E-state index contributed by atoms with van der Waals surface area (Å²) in [5.74, 6) is -1.08. The predicted molar refractivity (Wildman–Crippen MR) is 44.2 cm³/mol. The second-order valence-corrected chi connectivity index (χ2v) is 4.08. The molecule has 1 heterocycles. The summed E-state index contributed by atoms with van der Waals surface area (Å²) in [6, 6.07) is 0. The summed E-state index contributed by atoms with van der Waals surface area (Å²) >= 11 is 0. The van der Waals surface area contributed by atoms with Crippen LogP contribution in [-0.4, -0.2) is 16.5 Å². The lowest BCUT2D eigenvalue weighted by Gasteiger charge is -2.38. The maximum Gasteiger partial charge on any atom is 0.183 e. The van der Waals surface area contributed by atoms with Crippen LogP contribution in [0.3, 0.4) is 0 Å². The monoisotopic (exact) mass is 156 g/mol. The van der Waals surface area contributed by atoms with Crippen molar-refractivity contribution in [3.8, 4) is 0 Å². The molecular weight excluding hydrogens is 140 g/mol. The van der Waals surface area contributed by atoms with E-state index in [1.165, 1.54) is 5.57 Å². The van der Waals surface area contributed by atoms with Gasteiger partial charge in [-0.15, -0.1) is 0 Å². The van der Waals surface area contributed by atoms with E-state index in [2.05, 4.69) is 0 Å². The van der Waals surface area contributed by atoms with Crippen LogP contribution in [0.4, 0.5) is 0 Å². The van der Waals surface area contributed by atoms with Gasteiger partial charge in [0.15, 0.2) is 5.79 Å². The third-order valence-corrected chi connectivity index (χ3v) is 1.70. The maximum atomic E-state index is 9.58. The van der Waals surface area contributed by atoms with Gasteiger partial charge in [0, 0.05) is 0 Å². The number of rotatable bonds is 0. The van der Waals surface area contributed by atoms with Gasteiger partial charge in [0.2, 0.25) is 0 Å². The highest BCUT2D eigenvalue weighted by Gasteiger charge is 2.33. The van der Waals surface area contributed by atoms with Crippen molar-refractivity contribution in [1.29, 1.82) is 0 Å². The molecule has 2 heteroatoms. The molecule has 11 heavy (non-hydrogen) atoms. The zero-order valence-electron chi connectivity index (χ0n) is 7.64. The minimum absolute atomic E-state index is 0.234. The largest absolute Gasteiger partial charge is 0.362 e. The first-order valence-corrected chi connectivity index (χ1v) is 3.92. The lowest BCUT2D eigenvalue weighted by molar-refractivity contribution is -0.223. The van der Waals surface area contributed by atoms with Gasteiger partial charge in [-0.3, -0.25) is 0 Å². The quantitative estimate of drug-likeness (QED) is 0.542. The maximum absolute atomic E-state index is 9.58. The second-order valence-electron chi connectivity index (χ2n) is 4.08. The standard InChI is InChI=1S/C9H16O2/c1-7-5-8(2,3)11-9(4,10)6-7/h6,10H,5H2,1-4H3. The zero-order chi connectivity index (χ0) is 8.70. The van der Waals surface area contributed by atoms with Crippen LogP contribution in [0.5, 0.6) is 0 Å². The minimum Gasteiger partial charge on any atom is -0.362 e. The lowest BCUT2D eigenvalue weighted by atomic mass is 9.94. The molecule has 64 valence electrons. The normalized spacial score (nSPS) is 36.6. The molecule has 1 rings (SSSR count). The van der Waals surface area contributed by atoms with Crippen molar-refractivity contribution in [3.63, 3.8) is 0 Å². The fraction of sp³-hybridized carbons (Fsp3) is 0.778. The smallest absolute Gasteiger partial charge is 0.183 e. The molecule has 0 spiro atoms. The first-order valence-electron chi connectivity index (χ1n) is 3.92. The molecule has 0 aromatic rings. The Balaban J connectivity index is 2.86. The Hall–Kier alpha value is -0.340. The highest BCUT2D eigenvalue weighted by Crippen LogP contribution is 2.31. The molecule has 0 saturated heterocycles. The average Bonchev–Trinajstić information content (AvgIpc) is 1.49. The van der Waals surface area contributed by atoms with E-state index in [0.717, 1.165) is 6.42 Å². The highest BCUT2D eigenvalue weighted by molar-refractivity contribution is 5.11. The van der Waals surface area contributed by atoms with Crippen LogP contribution in [-0.2, 0) is 4.74 Å². The number of aliphatic hydroxyl groups is 1.